The number of anilines is 1. The summed E-state index contributed by atoms with van der Waals surface area (Å²) in [6.07, 6.45) is -2.77. The molecule has 3 heterocycles. The van der Waals surface area contributed by atoms with Crippen LogP contribution in [0.3, 0.4) is 0 Å². The van der Waals surface area contributed by atoms with E-state index in [9.17, 15) is 22.8 Å². The van der Waals surface area contributed by atoms with Crippen LogP contribution in [0.4, 0.5) is 18.9 Å². The van der Waals surface area contributed by atoms with Crippen molar-refractivity contribution in [3.8, 4) is 22.8 Å². The van der Waals surface area contributed by atoms with E-state index in [1.54, 1.807) is 41.3 Å². The Kier molecular flexibility index (Phi) is 6.05. The lowest BCUT2D eigenvalue weighted by Gasteiger charge is -2.15. The van der Waals surface area contributed by atoms with Crippen LogP contribution in [0.1, 0.15) is 17.7 Å². The summed E-state index contributed by atoms with van der Waals surface area (Å²) in [4.78, 5) is 30.8. The Labute approximate surface area is 202 Å². The fourth-order valence-electron chi connectivity index (χ4n) is 3.90. The average molecular weight is 496 g/mol. The van der Waals surface area contributed by atoms with Gasteiger partial charge in [0.2, 0.25) is 17.6 Å². The smallest absolute Gasteiger partial charge is 0.416 e. The van der Waals surface area contributed by atoms with E-state index in [1.165, 1.54) is 18.4 Å². The second kappa shape index (κ2) is 9.33. The van der Waals surface area contributed by atoms with Crippen LogP contribution < -0.4 is 5.32 Å². The van der Waals surface area contributed by atoms with Gasteiger partial charge in [0.1, 0.15) is 5.76 Å². The molecule has 1 aliphatic heterocycles. The predicted octanol–water partition coefficient (Wildman–Crippen LogP) is 5.00. The monoisotopic (exact) mass is 496 g/mol. The number of likely N-dealkylation sites (tertiary alicyclic amines) is 1. The summed E-state index contributed by atoms with van der Waals surface area (Å²) < 4.78 is 48.8. The second-order valence-electron chi connectivity index (χ2n) is 8.32. The van der Waals surface area contributed by atoms with E-state index in [1.807, 2.05) is 0 Å². The molecular formula is C25H19F3N4O4. The standard InChI is InChI=1S/C25H19F3N4O4/c26-25(27,28)18-7-3-15(4-8-18)22-30-24(36-31-22)16-5-9-19(10-6-16)29-23(34)17-12-21(33)32(13-17)14-20-2-1-11-35-20/h1-11,17H,12-14H2,(H,29,34). The van der Waals surface area contributed by atoms with Gasteiger partial charge in [-0.05, 0) is 48.5 Å². The van der Waals surface area contributed by atoms with Crippen molar-refractivity contribution in [1.82, 2.24) is 15.0 Å². The van der Waals surface area contributed by atoms with Crippen molar-refractivity contribution in [3.63, 3.8) is 0 Å². The van der Waals surface area contributed by atoms with E-state index in [0.717, 1.165) is 12.1 Å². The zero-order valence-electron chi connectivity index (χ0n) is 18.7. The Balaban J connectivity index is 1.20. The molecule has 2 aromatic heterocycles. The molecule has 4 aromatic rings. The molecule has 8 nitrogen and oxygen atoms in total. The molecule has 1 fully saturated rings. The lowest BCUT2D eigenvalue weighted by atomic mass is 10.1. The molecule has 0 radical (unpaired) electrons. The number of benzene rings is 2. The largest absolute Gasteiger partial charge is 0.467 e. The minimum absolute atomic E-state index is 0.109. The molecule has 0 aliphatic carbocycles. The first-order valence-corrected chi connectivity index (χ1v) is 11.0. The van der Waals surface area contributed by atoms with Crippen LogP contribution in [0.15, 0.2) is 75.9 Å². The molecule has 11 heteroatoms. The first kappa shape index (κ1) is 23.3. The quantitative estimate of drug-likeness (QED) is 0.403. The van der Waals surface area contributed by atoms with Gasteiger partial charge in [-0.1, -0.05) is 17.3 Å². The molecule has 5 rings (SSSR count). The highest BCUT2D eigenvalue weighted by atomic mass is 19.4. The summed E-state index contributed by atoms with van der Waals surface area (Å²) in [5.74, 6) is 0.137. The van der Waals surface area contributed by atoms with Gasteiger partial charge in [-0.25, -0.2) is 0 Å². The lowest BCUT2D eigenvalue weighted by Crippen LogP contribution is -2.27. The van der Waals surface area contributed by atoms with Crippen LogP contribution >= 0.6 is 0 Å². The number of aromatic nitrogens is 2. The van der Waals surface area contributed by atoms with Crippen molar-refractivity contribution in [2.45, 2.75) is 19.1 Å². The SMILES string of the molecule is O=C(Nc1ccc(-c2nc(-c3ccc(C(F)(F)F)cc3)no2)cc1)C1CC(=O)N(Cc2ccco2)C1. The van der Waals surface area contributed by atoms with Crippen LogP contribution in [0.5, 0.6) is 0 Å². The molecule has 0 saturated carbocycles. The zero-order chi connectivity index (χ0) is 25.3. The number of rotatable bonds is 6. The number of alkyl halides is 3. The Morgan fingerprint density at radius 3 is 2.44 bits per heavy atom. The topological polar surface area (TPSA) is 101 Å². The first-order chi connectivity index (χ1) is 17.3. The molecule has 1 atom stereocenters. The molecule has 2 amide bonds. The van der Waals surface area contributed by atoms with E-state index in [4.69, 9.17) is 8.94 Å². The number of carbonyl (C=O) groups is 2. The number of carbonyl (C=O) groups excluding carboxylic acids is 2. The van der Waals surface area contributed by atoms with Crippen molar-refractivity contribution in [1.29, 1.82) is 0 Å². The third-order valence-electron chi connectivity index (χ3n) is 5.81. The average Bonchev–Trinajstić information content (AvgIpc) is 3.62. The number of amides is 2. The van der Waals surface area contributed by atoms with Gasteiger partial charge in [0.15, 0.2) is 0 Å². The maximum absolute atomic E-state index is 12.8. The lowest BCUT2D eigenvalue weighted by molar-refractivity contribution is -0.137. The molecule has 1 aliphatic rings. The van der Waals surface area contributed by atoms with Gasteiger partial charge in [0, 0.05) is 29.8 Å². The molecule has 2 aromatic carbocycles. The van der Waals surface area contributed by atoms with Crippen molar-refractivity contribution in [2.24, 2.45) is 5.92 Å². The summed E-state index contributed by atoms with van der Waals surface area (Å²) in [5.41, 5.74) is 0.719. The van der Waals surface area contributed by atoms with Gasteiger partial charge >= 0.3 is 6.18 Å². The molecule has 1 unspecified atom stereocenters. The summed E-state index contributed by atoms with van der Waals surface area (Å²) >= 11 is 0. The number of hydrogen-bond acceptors (Lipinski definition) is 6. The van der Waals surface area contributed by atoms with Crippen LogP contribution in [0.25, 0.3) is 22.8 Å². The van der Waals surface area contributed by atoms with Gasteiger partial charge in [0.25, 0.3) is 5.89 Å². The van der Waals surface area contributed by atoms with Crippen LogP contribution in [0, 0.1) is 5.92 Å². The first-order valence-electron chi connectivity index (χ1n) is 11.0. The van der Waals surface area contributed by atoms with Gasteiger partial charge < -0.3 is 19.2 Å². The van der Waals surface area contributed by atoms with Crippen molar-refractivity contribution >= 4 is 17.5 Å². The minimum Gasteiger partial charge on any atom is -0.467 e. The Hall–Kier alpha value is -4.41. The van der Waals surface area contributed by atoms with Crippen LogP contribution in [0.2, 0.25) is 0 Å². The van der Waals surface area contributed by atoms with Gasteiger partial charge in [0.05, 0.1) is 24.3 Å². The fraction of sp³-hybridized carbons (Fsp3) is 0.200. The summed E-state index contributed by atoms with van der Waals surface area (Å²) in [5, 5.41) is 6.65. The maximum atomic E-state index is 12.8. The minimum atomic E-state index is -4.43. The molecule has 0 spiro atoms. The summed E-state index contributed by atoms with van der Waals surface area (Å²) in [7, 11) is 0. The van der Waals surface area contributed by atoms with Crippen molar-refractivity contribution in [3.05, 3.63) is 78.3 Å². The highest BCUT2D eigenvalue weighted by molar-refractivity contribution is 5.97. The predicted molar refractivity (Wildman–Crippen MR) is 121 cm³/mol. The van der Waals surface area contributed by atoms with E-state index in [0.29, 0.717) is 35.7 Å². The maximum Gasteiger partial charge on any atom is 0.416 e. The molecule has 0 bridgehead atoms. The molecular weight excluding hydrogens is 477 g/mol. The summed E-state index contributed by atoms with van der Waals surface area (Å²) in [6.45, 7) is 0.626. The Bertz CT molecular complexity index is 1360. The molecule has 1 saturated heterocycles. The van der Waals surface area contributed by atoms with E-state index < -0.39 is 17.7 Å². The number of furan rings is 1. The van der Waals surface area contributed by atoms with Gasteiger partial charge in [-0.3, -0.25) is 9.59 Å². The normalized spacial score (nSPS) is 15.9. The highest BCUT2D eigenvalue weighted by Gasteiger charge is 2.34. The van der Waals surface area contributed by atoms with Gasteiger partial charge in [-0.2, -0.15) is 18.2 Å². The molecule has 36 heavy (non-hydrogen) atoms. The highest BCUT2D eigenvalue weighted by Crippen LogP contribution is 2.31. The van der Waals surface area contributed by atoms with Crippen LogP contribution in [-0.4, -0.2) is 33.4 Å². The second-order valence-corrected chi connectivity index (χ2v) is 8.32. The van der Waals surface area contributed by atoms with Crippen molar-refractivity contribution in [2.75, 3.05) is 11.9 Å². The third kappa shape index (κ3) is 4.99. The van der Waals surface area contributed by atoms with E-state index >= 15 is 0 Å². The number of nitrogens with one attached hydrogen (secondary N) is 1. The molecule has 184 valence electrons. The third-order valence-corrected chi connectivity index (χ3v) is 5.81. The Morgan fingerprint density at radius 2 is 1.78 bits per heavy atom. The summed E-state index contributed by atoms with van der Waals surface area (Å²) in [6, 6.07) is 14.6. The van der Waals surface area contributed by atoms with E-state index in [-0.39, 0.29) is 30.0 Å². The fourth-order valence-corrected chi connectivity index (χ4v) is 3.90. The van der Waals surface area contributed by atoms with Gasteiger partial charge in [-0.15, -0.1) is 0 Å². The van der Waals surface area contributed by atoms with Crippen LogP contribution in [-0.2, 0) is 22.3 Å². The zero-order valence-corrected chi connectivity index (χ0v) is 18.7. The van der Waals surface area contributed by atoms with Crippen molar-refractivity contribution < 1.29 is 31.7 Å². The Morgan fingerprint density at radius 1 is 1.06 bits per heavy atom. The number of nitrogens with zero attached hydrogens (tertiary/aromatic N) is 3. The number of halogens is 3. The molecule has 1 N–H and O–H groups in total. The number of hydrogen-bond donors (Lipinski definition) is 1. The van der Waals surface area contributed by atoms with E-state index in [2.05, 4.69) is 15.5 Å².